The van der Waals surface area contributed by atoms with Crippen molar-refractivity contribution in [3.05, 3.63) is 29.8 Å². The van der Waals surface area contributed by atoms with Gasteiger partial charge in [0.2, 0.25) is 0 Å². The van der Waals surface area contributed by atoms with Gasteiger partial charge in [-0.25, -0.2) is 0 Å². The summed E-state index contributed by atoms with van der Waals surface area (Å²) in [6.45, 7) is 6.17. The Morgan fingerprint density at radius 3 is 2.32 bits per heavy atom. The van der Waals surface area contributed by atoms with Crippen molar-refractivity contribution in [2.75, 3.05) is 32.0 Å². The molecule has 22 heavy (non-hydrogen) atoms. The Labute approximate surface area is 130 Å². The second kappa shape index (κ2) is 7.38. The number of ether oxygens (including phenoxy) is 1. The van der Waals surface area contributed by atoms with E-state index in [-0.39, 0.29) is 24.0 Å². The highest BCUT2D eigenvalue weighted by molar-refractivity contribution is 5.95. The molecule has 2 atom stereocenters. The van der Waals surface area contributed by atoms with E-state index < -0.39 is 0 Å². The monoisotopic (exact) mass is 306 g/mol. The van der Waals surface area contributed by atoms with Crippen molar-refractivity contribution in [1.29, 1.82) is 0 Å². The molecule has 2 amide bonds. The molecule has 0 aromatic heterocycles. The van der Waals surface area contributed by atoms with Crippen LogP contribution in [0.15, 0.2) is 24.3 Å². The van der Waals surface area contributed by atoms with Crippen LogP contribution < -0.4 is 15.5 Å². The van der Waals surface area contributed by atoms with Crippen molar-refractivity contribution in [2.24, 2.45) is 0 Å². The van der Waals surface area contributed by atoms with Gasteiger partial charge in [0, 0.05) is 18.3 Å². The van der Waals surface area contributed by atoms with Crippen LogP contribution in [0.25, 0.3) is 0 Å². The molecule has 1 aliphatic heterocycles. The number of morpholine rings is 1. The van der Waals surface area contributed by atoms with Crippen molar-refractivity contribution in [3.8, 4) is 0 Å². The molecule has 1 fully saturated rings. The number of carbonyl (C=O) groups is 2. The van der Waals surface area contributed by atoms with Crippen LogP contribution in [0.2, 0.25) is 0 Å². The van der Waals surface area contributed by atoms with Crippen LogP contribution in [0.5, 0.6) is 0 Å². The van der Waals surface area contributed by atoms with Gasteiger partial charge in [-0.2, -0.15) is 0 Å². The fourth-order valence-electron chi connectivity index (χ4n) is 2.82. The van der Waals surface area contributed by atoms with E-state index in [1.807, 2.05) is 13.8 Å². The number of benzene rings is 1. The van der Waals surface area contributed by atoms with Gasteiger partial charge < -0.3 is 20.3 Å². The van der Waals surface area contributed by atoms with Crippen molar-refractivity contribution in [2.45, 2.75) is 26.1 Å². The number of amides is 2. The molecule has 0 aliphatic carbocycles. The number of anilines is 1. The maximum absolute atomic E-state index is 12.1. The third kappa shape index (κ3) is 4.54. The molecule has 1 aliphatic rings. The molecule has 0 saturated carbocycles. The molecule has 6 heteroatoms. The van der Waals surface area contributed by atoms with Crippen LogP contribution in [-0.2, 0) is 9.53 Å². The number of hydrogen-bond acceptors (Lipinski definition) is 3. The summed E-state index contributed by atoms with van der Waals surface area (Å²) in [5, 5.41) is 5.43. The number of carbonyl (C=O) groups excluding carboxylic acids is 2. The van der Waals surface area contributed by atoms with Crippen LogP contribution >= 0.6 is 0 Å². The number of quaternary nitrogens is 1. The Bertz CT molecular complexity index is 520. The minimum Gasteiger partial charge on any atom is -0.364 e. The first-order valence-corrected chi connectivity index (χ1v) is 7.59. The van der Waals surface area contributed by atoms with E-state index in [1.165, 1.54) is 4.90 Å². The van der Waals surface area contributed by atoms with Crippen LogP contribution in [0.4, 0.5) is 5.69 Å². The van der Waals surface area contributed by atoms with Crippen molar-refractivity contribution in [1.82, 2.24) is 5.32 Å². The second-order valence-corrected chi connectivity index (χ2v) is 5.80. The van der Waals surface area contributed by atoms with E-state index in [9.17, 15) is 9.59 Å². The first kappa shape index (κ1) is 16.5. The largest absolute Gasteiger partial charge is 0.364 e. The topological polar surface area (TPSA) is 71.9 Å². The van der Waals surface area contributed by atoms with Gasteiger partial charge in [0.25, 0.3) is 11.8 Å². The maximum atomic E-state index is 12.1. The highest BCUT2D eigenvalue weighted by atomic mass is 16.5. The highest BCUT2D eigenvalue weighted by Crippen LogP contribution is 2.09. The van der Waals surface area contributed by atoms with Gasteiger partial charge in [-0.15, -0.1) is 0 Å². The third-order valence-corrected chi connectivity index (χ3v) is 3.69. The summed E-state index contributed by atoms with van der Waals surface area (Å²) >= 11 is 0. The summed E-state index contributed by atoms with van der Waals surface area (Å²) in [5.74, 6) is -0.164. The Morgan fingerprint density at radius 2 is 1.77 bits per heavy atom. The van der Waals surface area contributed by atoms with E-state index in [4.69, 9.17) is 4.74 Å². The summed E-state index contributed by atoms with van der Waals surface area (Å²) in [6, 6.07) is 6.87. The fraction of sp³-hybridized carbons (Fsp3) is 0.500. The quantitative estimate of drug-likeness (QED) is 0.714. The van der Waals surface area contributed by atoms with Gasteiger partial charge in [0.05, 0.1) is 0 Å². The van der Waals surface area contributed by atoms with Crippen molar-refractivity contribution < 1.29 is 19.2 Å². The van der Waals surface area contributed by atoms with E-state index in [1.54, 1.807) is 31.3 Å². The molecular formula is C16H24N3O3+. The zero-order valence-corrected chi connectivity index (χ0v) is 13.3. The van der Waals surface area contributed by atoms with Crippen molar-refractivity contribution >= 4 is 17.5 Å². The zero-order chi connectivity index (χ0) is 16.1. The first-order valence-electron chi connectivity index (χ1n) is 7.59. The number of hydrogen-bond donors (Lipinski definition) is 3. The second-order valence-electron chi connectivity index (χ2n) is 5.80. The molecule has 1 heterocycles. The third-order valence-electron chi connectivity index (χ3n) is 3.69. The first-order chi connectivity index (χ1) is 10.5. The molecule has 1 saturated heterocycles. The van der Waals surface area contributed by atoms with Crippen LogP contribution in [0.1, 0.15) is 24.2 Å². The Morgan fingerprint density at radius 1 is 1.18 bits per heavy atom. The molecule has 0 radical (unpaired) electrons. The summed E-state index contributed by atoms with van der Waals surface area (Å²) in [7, 11) is 1.59. The smallest absolute Gasteiger partial charge is 0.279 e. The van der Waals surface area contributed by atoms with Gasteiger partial charge in [0.15, 0.2) is 6.54 Å². The lowest BCUT2D eigenvalue weighted by Crippen LogP contribution is -3.16. The molecule has 120 valence electrons. The molecule has 0 bridgehead atoms. The number of rotatable bonds is 4. The van der Waals surface area contributed by atoms with Crippen LogP contribution in [0, 0.1) is 0 Å². The van der Waals surface area contributed by atoms with Crippen molar-refractivity contribution in [3.63, 3.8) is 0 Å². The lowest BCUT2D eigenvalue weighted by atomic mass is 10.2. The predicted molar refractivity (Wildman–Crippen MR) is 84.0 cm³/mol. The fourth-order valence-corrected chi connectivity index (χ4v) is 2.82. The Hall–Kier alpha value is -1.92. The van der Waals surface area contributed by atoms with Crippen LogP contribution in [-0.4, -0.2) is 50.7 Å². The standard InChI is InChI=1S/C16H23N3O3/c1-11-8-19(9-12(2)22-11)10-15(20)18-14-6-4-13(5-7-14)16(21)17-3/h4-7,11-12H,8-10H2,1-3H3,(H,17,21)(H,18,20)/p+1/t11-,12-/m1/s1. The molecule has 1 aromatic rings. The minimum atomic E-state index is -0.140. The summed E-state index contributed by atoms with van der Waals surface area (Å²) < 4.78 is 5.67. The Balaban J connectivity index is 1.87. The lowest BCUT2D eigenvalue weighted by molar-refractivity contribution is -0.907. The molecule has 0 unspecified atom stereocenters. The highest BCUT2D eigenvalue weighted by Gasteiger charge is 2.27. The minimum absolute atomic E-state index is 0.0241. The molecule has 6 nitrogen and oxygen atoms in total. The molecule has 0 spiro atoms. The van der Waals surface area contributed by atoms with Gasteiger partial charge in [-0.3, -0.25) is 9.59 Å². The SMILES string of the molecule is CNC(=O)c1ccc(NC(=O)C[NH+]2C[C@@H](C)O[C@H](C)C2)cc1. The molecule has 1 aromatic carbocycles. The summed E-state index contributed by atoms with van der Waals surface area (Å²) in [6.07, 6.45) is 0.358. The summed E-state index contributed by atoms with van der Waals surface area (Å²) in [5.41, 5.74) is 1.27. The zero-order valence-electron chi connectivity index (χ0n) is 13.3. The van der Waals surface area contributed by atoms with E-state index in [0.717, 1.165) is 13.1 Å². The average Bonchev–Trinajstić information content (AvgIpc) is 2.46. The van der Waals surface area contributed by atoms with Crippen LogP contribution in [0.3, 0.4) is 0 Å². The van der Waals surface area contributed by atoms with E-state index in [2.05, 4.69) is 10.6 Å². The lowest BCUT2D eigenvalue weighted by Gasteiger charge is -2.31. The summed E-state index contributed by atoms with van der Waals surface area (Å²) in [4.78, 5) is 24.8. The normalized spacial score (nSPS) is 24.6. The molecular weight excluding hydrogens is 282 g/mol. The van der Waals surface area contributed by atoms with E-state index in [0.29, 0.717) is 17.8 Å². The van der Waals surface area contributed by atoms with Gasteiger partial charge in [-0.05, 0) is 38.1 Å². The maximum Gasteiger partial charge on any atom is 0.279 e. The van der Waals surface area contributed by atoms with Gasteiger partial charge in [0.1, 0.15) is 25.3 Å². The predicted octanol–water partition coefficient (Wildman–Crippen LogP) is -0.323. The van der Waals surface area contributed by atoms with E-state index >= 15 is 0 Å². The molecule has 2 rings (SSSR count). The number of nitrogens with one attached hydrogen (secondary N) is 3. The van der Waals surface area contributed by atoms with Gasteiger partial charge >= 0.3 is 0 Å². The van der Waals surface area contributed by atoms with Gasteiger partial charge in [-0.1, -0.05) is 0 Å². The Kier molecular flexibility index (Phi) is 5.51. The average molecular weight is 306 g/mol. The molecule has 3 N–H and O–H groups in total.